The van der Waals surface area contributed by atoms with E-state index in [0.717, 1.165) is 23.4 Å². The molecule has 0 bridgehead atoms. The minimum Gasteiger partial charge on any atom is -0.469 e. The van der Waals surface area contributed by atoms with Gasteiger partial charge in [0, 0.05) is 23.7 Å². The van der Waals surface area contributed by atoms with Gasteiger partial charge in [-0.15, -0.1) is 0 Å². The maximum absolute atomic E-state index is 5.55. The van der Waals surface area contributed by atoms with E-state index >= 15 is 0 Å². The molecule has 0 saturated heterocycles. The van der Waals surface area contributed by atoms with Gasteiger partial charge in [-0.2, -0.15) is 0 Å². The zero-order chi connectivity index (χ0) is 13.0. The van der Waals surface area contributed by atoms with Crippen molar-refractivity contribution < 1.29 is 4.42 Å². The Morgan fingerprint density at radius 3 is 2.61 bits per heavy atom. The Kier molecular flexibility index (Phi) is 3.99. The molecule has 0 radical (unpaired) electrons. The van der Waals surface area contributed by atoms with Gasteiger partial charge in [0.2, 0.25) is 0 Å². The van der Waals surface area contributed by atoms with Crippen molar-refractivity contribution in [2.75, 3.05) is 5.32 Å². The van der Waals surface area contributed by atoms with Crippen molar-refractivity contribution in [3.05, 3.63) is 54.0 Å². The Balaban J connectivity index is 1.94. The molecule has 0 aliphatic heterocycles. The summed E-state index contributed by atoms with van der Waals surface area (Å²) in [6.45, 7) is 2.12. The zero-order valence-electron chi connectivity index (χ0n) is 10.2. The number of thiocarbonyl (C=S) groups is 1. The van der Waals surface area contributed by atoms with Gasteiger partial charge in [-0.05, 0) is 43.3 Å². The summed E-state index contributed by atoms with van der Waals surface area (Å²) >= 11 is 4.91. The lowest BCUT2D eigenvalue weighted by atomic mass is 10.1. The highest BCUT2D eigenvalue weighted by molar-refractivity contribution is 7.80. The first-order valence-corrected chi connectivity index (χ1v) is 6.25. The highest BCUT2D eigenvalue weighted by Gasteiger charge is 2.05. The molecule has 1 aromatic carbocycles. The van der Waals surface area contributed by atoms with E-state index in [2.05, 4.69) is 12.2 Å². The fourth-order valence-electron chi connectivity index (χ4n) is 1.80. The molecule has 1 aromatic heterocycles. The summed E-state index contributed by atoms with van der Waals surface area (Å²) in [5.41, 5.74) is 7.49. The number of anilines is 1. The molecule has 0 spiro atoms. The van der Waals surface area contributed by atoms with Crippen LogP contribution in [0.1, 0.15) is 18.2 Å². The van der Waals surface area contributed by atoms with Crippen LogP contribution in [0, 0.1) is 0 Å². The molecule has 3 nitrogen and oxygen atoms in total. The fraction of sp³-hybridized carbons (Fsp3) is 0.214. The summed E-state index contributed by atoms with van der Waals surface area (Å²) in [6.07, 6.45) is 2.54. The summed E-state index contributed by atoms with van der Waals surface area (Å²) in [4.78, 5) is 0.421. The average molecular weight is 260 g/mol. The summed E-state index contributed by atoms with van der Waals surface area (Å²) in [7, 11) is 0. The fourth-order valence-corrected chi connectivity index (χ4v) is 1.93. The van der Waals surface area contributed by atoms with Crippen molar-refractivity contribution in [2.45, 2.75) is 19.4 Å². The minimum absolute atomic E-state index is 0.298. The summed E-state index contributed by atoms with van der Waals surface area (Å²) in [5, 5.41) is 3.40. The molecule has 2 aromatic rings. The van der Waals surface area contributed by atoms with Crippen LogP contribution in [0.5, 0.6) is 0 Å². The third-order valence-electron chi connectivity index (χ3n) is 2.67. The predicted molar refractivity (Wildman–Crippen MR) is 77.8 cm³/mol. The molecule has 3 N–H and O–H groups in total. The SMILES string of the molecule is CC(Cc1ccco1)Nc1ccc(C(N)=S)cc1. The lowest BCUT2D eigenvalue weighted by Gasteiger charge is -2.14. The second-order valence-corrected chi connectivity index (χ2v) is 4.71. The second kappa shape index (κ2) is 5.69. The van der Waals surface area contributed by atoms with E-state index in [4.69, 9.17) is 22.4 Å². The van der Waals surface area contributed by atoms with Gasteiger partial charge in [0.25, 0.3) is 0 Å². The van der Waals surface area contributed by atoms with Crippen molar-refractivity contribution in [3.8, 4) is 0 Å². The molecule has 0 fully saturated rings. The highest BCUT2D eigenvalue weighted by Crippen LogP contribution is 2.13. The third kappa shape index (κ3) is 3.34. The van der Waals surface area contributed by atoms with Crippen LogP contribution < -0.4 is 11.1 Å². The van der Waals surface area contributed by atoms with Gasteiger partial charge in [-0.25, -0.2) is 0 Å². The molecule has 0 amide bonds. The largest absolute Gasteiger partial charge is 0.469 e. The summed E-state index contributed by atoms with van der Waals surface area (Å²) in [5.74, 6) is 0.981. The Morgan fingerprint density at radius 2 is 2.06 bits per heavy atom. The van der Waals surface area contributed by atoms with Gasteiger partial charge in [0.15, 0.2) is 0 Å². The van der Waals surface area contributed by atoms with Crippen LogP contribution >= 0.6 is 12.2 Å². The maximum Gasteiger partial charge on any atom is 0.105 e. The molecule has 94 valence electrons. The molecule has 1 atom stereocenters. The van der Waals surface area contributed by atoms with Crippen LogP contribution in [-0.2, 0) is 6.42 Å². The lowest BCUT2D eigenvalue weighted by molar-refractivity contribution is 0.498. The number of nitrogens with two attached hydrogens (primary N) is 1. The monoisotopic (exact) mass is 260 g/mol. The summed E-state index contributed by atoms with van der Waals surface area (Å²) < 4.78 is 5.32. The number of nitrogens with one attached hydrogen (secondary N) is 1. The van der Waals surface area contributed by atoms with Crippen LogP contribution in [-0.4, -0.2) is 11.0 Å². The second-order valence-electron chi connectivity index (χ2n) is 4.27. The molecule has 18 heavy (non-hydrogen) atoms. The quantitative estimate of drug-likeness (QED) is 0.812. The van der Waals surface area contributed by atoms with Crippen molar-refractivity contribution in [1.82, 2.24) is 0 Å². The van der Waals surface area contributed by atoms with Crippen LogP contribution in [0.25, 0.3) is 0 Å². The van der Waals surface area contributed by atoms with Gasteiger partial charge in [0.1, 0.15) is 10.7 Å². The smallest absolute Gasteiger partial charge is 0.105 e. The van der Waals surface area contributed by atoms with Crippen LogP contribution in [0.2, 0.25) is 0 Å². The zero-order valence-corrected chi connectivity index (χ0v) is 11.0. The van der Waals surface area contributed by atoms with Gasteiger partial charge in [-0.1, -0.05) is 12.2 Å². The number of rotatable bonds is 5. The maximum atomic E-state index is 5.55. The van der Waals surface area contributed by atoms with Crippen LogP contribution in [0.15, 0.2) is 47.1 Å². The highest BCUT2D eigenvalue weighted by atomic mass is 32.1. The molecule has 0 aliphatic carbocycles. The topological polar surface area (TPSA) is 51.2 Å². The van der Waals surface area contributed by atoms with Crippen LogP contribution in [0.4, 0.5) is 5.69 Å². The number of hydrogen-bond acceptors (Lipinski definition) is 3. The van der Waals surface area contributed by atoms with E-state index in [1.165, 1.54) is 0 Å². The van der Waals surface area contributed by atoms with Crippen LogP contribution in [0.3, 0.4) is 0 Å². The molecule has 1 unspecified atom stereocenters. The Labute approximate surface area is 112 Å². The standard InChI is InChI=1S/C14H16N2OS/c1-10(9-13-3-2-8-17-13)16-12-6-4-11(5-7-12)14(15)18/h2-8,10,16H,9H2,1H3,(H2,15,18). The molecular weight excluding hydrogens is 244 g/mol. The van der Waals surface area contributed by atoms with Crippen molar-refractivity contribution in [1.29, 1.82) is 0 Å². The Morgan fingerprint density at radius 1 is 1.33 bits per heavy atom. The number of benzene rings is 1. The minimum atomic E-state index is 0.298. The first-order valence-electron chi connectivity index (χ1n) is 5.84. The van der Waals surface area contributed by atoms with Crippen molar-refractivity contribution in [3.63, 3.8) is 0 Å². The average Bonchev–Trinajstić information content (AvgIpc) is 2.82. The number of furan rings is 1. The van der Waals surface area contributed by atoms with Gasteiger partial charge in [0.05, 0.1) is 6.26 Å². The van der Waals surface area contributed by atoms with Crippen molar-refractivity contribution in [2.24, 2.45) is 5.73 Å². The Hall–Kier alpha value is -1.81. The molecule has 1 heterocycles. The van der Waals surface area contributed by atoms with E-state index in [-0.39, 0.29) is 0 Å². The van der Waals surface area contributed by atoms with E-state index in [9.17, 15) is 0 Å². The van der Waals surface area contributed by atoms with Crippen molar-refractivity contribution >= 4 is 22.9 Å². The summed E-state index contributed by atoms with van der Waals surface area (Å²) in [6, 6.07) is 12.0. The molecule has 0 aliphatic rings. The lowest BCUT2D eigenvalue weighted by Crippen LogP contribution is -2.18. The van der Waals surface area contributed by atoms with Gasteiger partial charge in [-0.3, -0.25) is 0 Å². The Bertz CT molecular complexity index is 505. The molecule has 0 saturated carbocycles. The van der Waals surface area contributed by atoms with E-state index < -0.39 is 0 Å². The van der Waals surface area contributed by atoms with E-state index in [1.54, 1.807) is 6.26 Å². The molecule has 4 heteroatoms. The third-order valence-corrected chi connectivity index (χ3v) is 2.91. The van der Waals surface area contributed by atoms with Gasteiger partial charge >= 0.3 is 0 Å². The molecular formula is C14H16N2OS. The predicted octanol–water partition coefficient (Wildman–Crippen LogP) is 2.96. The molecule has 2 rings (SSSR count). The first kappa shape index (κ1) is 12.6. The van der Waals surface area contributed by atoms with E-state index in [1.807, 2.05) is 36.4 Å². The van der Waals surface area contributed by atoms with Gasteiger partial charge < -0.3 is 15.5 Å². The number of hydrogen-bond donors (Lipinski definition) is 2. The first-order chi connectivity index (χ1) is 8.65. The normalized spacial score (nSPS) is 12.1. The van der Waals surface area contributed by atoms with E-state index in [0.29, 0.717) is 11.0 Å².